The first-order chi connectivity index (χ1) is 43.0. The van der Waals surface area contributed by atoms with Crippen LogP contribution in [0.3, 0.4) is 0 Å². The third-order valence-electron chi connectivity index (χ3n) is 18.0. The van der Waals surface area contributed by atoms with Crippen molar-refractivity contribution in [2.45, 2.75) is 418 Å². The molecule has 0 amide bonds. The molecule has 0 fully saturated rings. The van der Waals surface area contributed by atoms with Crippen molar-refractivity contribution < 1.29 is 42.1 Å². The number of carbonyl (C=O) groups is 2. The van der Waals surface area contributed by atoms with Gasteiger partial charge in [-0.25, -0.2) is 4.57 Å². The van der Waals surface area contributed by atoms with Gasteiger partial charge in [-0.05, 0) is 64.2 Å². The smallest absolute Gasteiger partial charge is 0.462 e. The molecule has 0 aliphatic carbocycles. The Morgan fingerprint density at radius 2 is 0.580 bits per heavy atom. The van der Waals surface area contributed by atoms with Gasteiger partial charge in [0.2, 0.25) is 0 Å². The summed E-state index contributed by atoms with van der Waals surface area (Å²) in [5.74, 6) is -0.771. The van der Waals surface area contributed by atoms with Crippen LogP contribution in [0.4, 0.5) is 0 Å². The number of phosphoric ester groups is 1. The lowest BCUT2D eigenvalue weighted by Gasteiger charge is -2.24. The van der Waals surface area contributed by atoms with Crippen LogP contribution in [0.25, 0.3) is 0 Å². The molecule has 0 aliphatic rings. The van der Waals surface area contributed by atoms with Gasteiger partial charge in [0.1, 0.15) is 19.8 Å². The summed E-state index contributed by atoms with van der Waals surface area (Å²) in [5, 5.41) is 0. The highest BCUT2D eigenvalue weighted by atomic mass is 31.2. The second kappa shape index (κ2) is 69.8. The number of likely N-dealkylation sites (N-methyl/N-ethyl adjacent to an activating group) is 1. The fourth-order valence-corrected chi connectivity index (χ4v) is 12.7. The summed E-state index contributed by atoms with van der Waals surface area (Å²) in [4.78, 5) is 35.9. The Bertz CT molecular complexity index is 1530. The van der Waals surface area contributed by atoms with E-state index in [1.54, 1.807) is 0 Å². The van der Waals surface area contributed by atoms with Gasteiger partial charge in [-0.2, -0.15) is 0 Å². The van der Waals surface area contributed by atoms with Crippen molar-refractivity contribution in [3.8, 4) is 0 Å². The van der Waals surface area contributed by atoms with Crippen molar-refractivity contribution in [3.63, 3.8) is 0 Å². The van der Waals surface area contributed by atoms with Crippen LogP contribution < -0.4 is 0 Å². The summed E-state index contributed by atoms with van der Waals surface area (Å²) >= 11 is 0. The summed E-state index contributed by atoms with van der Waals surface area (Å²) in [6.45, 7) is 4.52. The summed E-state index contributed by atoms with van der Waals surface area (Å²) in [6.07, 6.45) is 89.0. The minimum absolute atomic E-state index is 0.0358. The number of hydrogen-bond donors (Lipinski definition) is 1. The monoisotopic (exact) mass is 1260 g/mol. The highest BCUT2D eigenvalue weighted by Crippen LogP contribution is 2.43. The molecule has 1 N–H and O–H groups in total. The highest BCUT2D eigenvalue weighted by Gasteiger charge is 2.27. The molecule has 10 heteroatoms. The fourth-order valence-electron chi connectivity index (χ4n) is 12.0. The fraction of sp³-hybridized carbons (Fsp3) is 0.923. The molecule has 2 unspecified atom stereocenters. The van der Waals surface area contributed by atoms with Crippen LogP contribution in [-0.4, -0.2) is 74.9 Å². The van der Waals surface area contributed by atoms with E-state index in [2.05, 4.69) is 38.2 Å². The maximum Gasteiger partial charge on any atom is 0.472 e. The average Bonchev–Trinajstić information content (AvgIpc) is 3.68. The average molecular weight is 1260 g/mol. The number of quaternary nitrogens is 1. The van der Waals surface area contributed by atoms with E-state index in [1.165, 1.54) is 347 Å². The standard InChI is InChI=1S/C78H152NO8P/c1-6-8-10-12-14-16-18-20-22-24-26-28-30-32-34-35-36-37-38-39-40-41-42-43-45-47-49-51-53-55-57-59-61-63-65-67-69-71-78(81)87-76(75-86-88(82,83)85-73-72-79(3,4)5)74-84-77(80)70-68-66-64-62-60-58-56-54-52-50-48-46-44-33-31-29-27-25-23-21-19-17-15-13-11-9-7-2/h24-27,76H,6-23,28-75H2,1-5H3/p+1/b26-24-,27-25-. The Labute approximate surface area is 549 Å². The predicted molar refractivity (Wildman–Crippen MR) is 381 cm³/mol. The van der Waals surface area contributed by atoms with Gasteiger partial charge in [-0.1, -0.05) is 359 Å². The third kappa shape index (κ3) is 73.5. The lowest BCUT2D eigenvalue weighted by atomic mass is 10.0. The van der Waals surface area contributed by atoms with Crippen LogP contribution in [-0.2, 0) is 32.7 Å². The summed E-state index contributed by atoms with van der Waals surface area (Å²) in [5.41, 5.74) is 0. The molecule has 0 spiro atoms. The van der Waals surface area contributed by atoms with Gasteiger partial charge in [-0.3, -0.25) is 18.6 Å². The largest absolute Gasteiger partial charge is 0.472 e. The minimum atomic E-state index is -4.39. The maximum absolute atomic E-state index is 12.9. The van der Waals surface area contributed by atoms with E-state index in [-0.39, 0.29) is 25.6 Å². The van der Waals surface area contributed by atoms with Crippen molar-refractivity contribution in [2.75, 3.05) is 47.5 Å². The molecule has 2 atom stereocenters. The van der Waals surface area contributed by atoms with E-state index in [4.69, 9.17) is 18.5 Å². The molecule has 9 nitrogen and oxygen atoms in total. The first-order valence-electron chi connectivity index (χ1n) is 39.1. The maximum atomic E-state index is 12.9. The molecule has 0 rings (SSSR count). The number of nitrogens with zero attached hydrogens (tertiary/aromatic N) is 1. The molecule has 0 saturated heterocycles. The van der Waals surface area contributed by atoms with E-state index in [9.17, 15) is 19.0 Å². The summed E-state index contributed by atoms with van der Waals surface area (Å²) < 4.78 is 34.8. The molecule has 0 radical (unpaired) electrons. The van der Waals surface area contributed by atoms with Gasteiger partial charge in [0.05, 0.1) is 27.7 Å². The van der Waals surface area contributed by atoms with E-state index >= 15 is 0 Å². The molecular weight excluding hydrogens is 1110 g/mol. The van der Waals surface area contributed by atoms with Crippen molar-refractivity contribution in [3.05, 3.63) is 24.3 Å². The topological polar surface area (TPSA) is 108 Å². The number of esters is 2. The van der Waals surface area contributed by atoms with Crippen LogP contribution >= 0.6 is 7.82 Å². The van der Waals surface area contributed by atoms with Crippen molar-refractivity contribution in [2.24, 2.45) is 0 Å². The van der Waals surface area contributed by atoms with E-state index in [0.29, 0.717) is 17.4 Å². The number of ether oxygens (including phenoxy) is 2. The Morgan fingerprint density at radius 1 is 0.341 bits per heavy atom. The van der Waals surface area contributed by atoms with Crippen LogP contribution in [0.15, 0.2) is 24.3 Å². The zero-order chi connectivity index (χ0) is 64.1. The Balaban J connectivity index is 3.91. The number of rotatable bonds is 74. The van der Waals surface area contributed by atoms with Gasteiger partial charge in [0.15, 0.2) is 6.10 Å². The van der Waals surface area contributed by atoms with Crippen LogP contribution in [0.2, 0.25) is 0 Å². The zero-order valence-corrected chi connectivity index (χ0v) is 60.6. The van der Waals surface area contributed by atoms with Gasteiger partial charge >= 0.3 is 19.8 Å². The predicted octanol–water partition coefficient (Wildman–Crippen LogP) is 25.6. The Kier molecular flexibility index (Phi) is 68.6. The second-order valence-corrected chi connectivity index (χ2v) is 29.5. The first-order valence-corrected chi connectivity index (χ1v) is 40.6. The molecule has 0 aromatic rings. The molecule has 0 bridgehead atoms. The van der Waals surface area contributed by atoms with E-state index < -0.39 is 26.5 Å². The lowest BCUT2D eigenvalue weighted by Crippen LogP contribution is -2.37. The van der Waals surface area contributed by atoms with E-state index in [1.807, 2.05) is 21.1 Å². The third-order valence-corrected chi connectivity index (χ3v) is 18.9. The van der Waals surface area contributed by atoms with Gasteiger partial charge < -0.3 is 18.9 Å². The van der Waals surface area contributed by atoms with E-state index in [0.717, 1.165) is 38.5 Å². The minimum Gasteiger partial charge on any atom is -0.462 e. The summed E-state index contributed by atoms with van der Waals surface area (Å²) in [6, 6.07) is 0. The molecule has 0 saturated carbocycles. The van der Waals surface area contributed by atoms with Crippen LogP contribution in [0, 0.1) is 0 Å². The Hall–Kier alpha value is -1.51. The number of phosphoric acid groups is 1. The number of allylic oxidation sites excluding steroid dienone is 4. The first kappa shape index (κ1) is 86.5. The van der Waals surface area contributed by atoms with Gasteiger partial charge in [-0.15, -0.1) is 0 Å². The zero-order valence-electron chi connectivity index (χ0n) is 59.8. The number of hydrogen-bond acceptors (Lipinski definition) is 7. The quantitative estimate of drug-likeness (QED) is 0.0211. The second-order valence-electron chi connectivity index (χ2n) is 28.1. The van der Waals surface area contributed by atoms with Gasteiger partial charge in [0, 0.05) is 12.8 Å². The molecule has 88 heavy (non-hydrogen) atoms. The molecule has 0 aliphatic heterocycles. The molecule has 0 aromatic carbocycles. The SMILES string of the molecule is CCCCCCCCCC/C=C\CCCCCCCCCCCCCCCCCCCCCCCCCCCC(=O)OC(COC(=O)CCCCCCCCCCCCCCCCC/C=C\CCCCCCCCCC)COP(=O)(O)OCC[N+](C)(C)C. The molecule has 0 aromatic heterocycles. The van der Waals surface area contributed by atoms with Crippen molar-refractivity contribution in [1.82, 2.24) is 0 Å². The Morgan fingerprint density at radius 3 is 0.841 bits per heavy atom. The van der Waals surface area contributed by atoms with Gasteiger partial charge in [0.25, 0.3) is 0 Å². The van der Waals surface area contributed by atoms with Crippen LogP contribution in [0.1, 0.15) is 412 Å². The number of carbonyl (C=O) groups excluding carboxylic acids is 2. The molecule has 522 valence electrons. The van der Waals surface area contributed by atoms with Crippen molar-refractivity contribution >= 4 is 19.8 Å². The highest BCUT2D eigenvalue weighted by molar-refractivity contribution is 7.47. The van der Waals surface area contributed by atoms with Crippen LogP contribution in [0.5, 0.6) is 0 Å². The lowest BCUT2D eigenvalue weighted by molar-refractivity contribution is -0.870. The number of unbranched alkanes of at least 4 members (excludes halogenated alkanes) is 56. The summed E-state index contributed by atoms with van der Waals surface area (Å²) in [7, 11) is 1.50. The molecular formula is C78H153NO8P+. The van der Waals surface area contributed by atoms with Crippen molar-refractivity contribution in [1.29, 1.82) is 0 Å². The molecule has 0 heterocycles. The normalized spacial score (nSPS) is 13.1.